The number of carboxylic acids is 1. The van der Waals surface area contributed by atoms with E-state index in [1.54, 1.807) is 0 Å². The first-order valence-corrected chi connectivity index (χ1v) is 6.45. The third-order valence-electron chi connectivity index (χ3n) is 3.22. The maximum Gasteiger partial charge on any atom is 0.339 e. The summed E-state index contributed by atoms with van der Waals surface area (Å²) in [7, 11) is 0. The van der Waals surface area contributed by atoms with Gasteiger partial charge in [0, 0.05) is 6.54 Å². The van der Waals surface area contributed by atoms with Gasteiger partial charge in [0.05, 0.1) is 6.26 Å². The fourth-order valence-corrected chi connectivity index (χ4v) is 2.20. The second-order valence-electron chi connectivity index (χ2n) is 4.58. The van der Waals surface area contributed by atoms with Crippen molar-refractivity contribution < 1.29 is 19.1 Å². The van der Waals surface area contributed by atoms with Crippen molar-refractivity contribution in [2.24, 2.45) is 0 Å². The molecule has 0 spiro atoms. The van der Waals surface area contributed by atoms with Crippen LogP contribution in [-0.2, 0) is 0 Å². The molecule has 0 bridgehead atoms. The van der Waals surface area contributed by atoms with Crippen LogP contribution in [0, 0.1) is 0 Å². The summed E-state index contributed by atoms with van der Waals surface area (Å²) in [6, 6.07) is 1.28. The van der Waals surface area contributed by atoms with Gasteiger partial charge in [-0.3, -0.25) is 4.79 Å². The van der Waals surface area contributed by atoms with E-state index in [9.17, 15) is 9.59 Å². The quantitative estimate of drug-likeness (QED) is 0.800. The van der Waals surface area contributed by atoms with Crippen molar-refractivity contribution in [3.63, 3.8) is 0 Å². The summed E-state index contributed by atoms with van der Waals surface area (Å²) < 4.78 is 4.92. The van der Waals surface area contributed by atoms with Gasteiger partial charge >= 0.3 is 5.97 Å². The van der Waals surface area contributed by atoms with Gasteiger partial charge in [-0.15, -0.1) is 0 Å². The zero-order chi connectivity index (χ0) is 13.7. The molecule has 1 aromatic heterocycles. The summed E-state index contributed by atoms with van der Waals surface area (Å²) in [4.78, 5) is 22.6. The Hall–Kier alpha value is -2.04. The predicted octanol–water partition coefficient (Wildman–Crippen LogP) is 2.60. The lowest BCUT2D eigenvalue weighted by atomic mass is 9.97. The van der Waals surface area contributed by atoms with Crippen molar-refractivity contribution >= 4 is 11.9 Å². The minimum absolute atomic E-state index is 0.102. The monoisotopic (exact) mass is 263 g/mol. The van der Waals surface area contributed by atoms with E-state index in [0.717, 1.165) is 19.3 Å². The molecule has 0 saturated carbocycles. The summed E-state index contributed by atoms with van der Waals surface area (Å²) in [5.74, 6) is -1.77. The fraction of sp³-hybridized carbons (Fsp3) is 0.429. The lowest BCUT2D eigenvalue weighted by Crippen LogP contribution is -2.26. The molecule has 2 rings (SSSR count). The molecule has 0 saturated heterocycles. The second kappa shape index (κ2) is 6.22. The Labute approximate surface area is 111 Å². The number of aromatic carboxylic acids is 1. The number of nitrogens with one attached hydrogen (secondary N) is 1. The van der Waals surface area contributed by atoms with E-state index in [-0.39, 0.29) is 11.3 Å². The van der Waals surface area contributed by atoms with E-state index in [1.165, 1.54) is 30.7 Å². The van der Waals surface area contributed by atoms with Crippen LogP contribution in [0.15, 0.2) is 28.4 Å². The van der Waals surface area contributed by atoms with Crippen molar-refractivity contribution in [2.45, 2.75) is 32.1 Å². The normalized spacial score (nSPS) is 14.8. The minimum Gasteiger partial charge on any atom is -0.478 e. The molecule has 5 heteroatoms. The van der Waals surface area contributed by atoms with Crippen LogP contribution in [0.3, 0.4) is 0 Å². The van der Waals surface area contributed by atoms with Gasteiger partial charge in [-0.25, -0.2) is 4.79 Å². The van der Waals surface area contributed by atoms with Crippen molar-refractivity contribution in [3.05, 3.63) is 35.3 Å². The highest BCUT2D eigenvalue weighted by molar-refractivity contribution is 6.02. The highest BCUT2D eigenvalue weighted by Crippen LogP contribution is 2.19. The molecule has 0 fully saturated rings. The summed E-state index contributed by atoms with van der Waals surface area (Å²) >= 11 is 0. The van der Waals surface area contributed by atoms with Gasteiger partial charge in [0.2, 0.25) is 5.76 Å². The molecular formula is C14H17NO4. The Bertz CT molecular complexity index is 501. The molecule has 1 aliphatic carbocycles. The molecule has 5 nitrogen and oxygen atoms in total. The third kappa shape index (κ3) is 3.47. The maximum atomic E-state index is 11.8. The molecule has 1 aromatic rings. The van der Waals surface area contributed by atoms with Crippen LogP contribution in [0.4, 0.5) is 0 Å². The zero-order valence-electron chi connectivity index (χ0n) is 10.6. The van der Waals surface area contributed by atoms with E-state index < -0.39 is 11.9 Å². The smallest absolute Gasteiger partial charge is 0.339 e. The molecule has 1 amide bonds. The Morgan fingerprint density at radius 1 is 1.37 bits per heavy atom. The topological polar surface area (TPSA) is 79.5 Å². The molecular weight excluding hydrogens is 246 g/mol. The van der Waals surface area contributed by atoms with Gasteiger partial charge in [-0.05, 0) is 38.2 Å². The zero-order valence-corrected chi connectivity index (χ0v) is 10.6. The van der Waals surface area contributed by atoms with Crippen molar-refractivity contribution in [1.82, 2.24) is 5.32 Å². The van der Waals surface area contributed by atoms with E-state index >= 15 is 0 Å². The van der Waals surface area contributed by atoms with Crippen molar-refractivity contribution in [1.29, 1.82) is 0 Å². The standard InChI is InChI=1S/C14H17NO4/c16-13(12-11(14(17)18)7-9-19-12)15-8-6-10-4-2-1-3-5-10/h4,7,9H,1-3,5-6,8H2,(H,15,16)(H,17,18). The van der Waals surface area contributed by atoms with Crippen LogP contribution < -0.4 is 5.32 Å². The van der Waals surface area contributed by atoms with Crippen LogP contribution in [0.5, 0.6) is 0 Å². The summed E-state index contributed by atoms with van der Waals surface area (Å²) in [5.41, 5.74) is 1.26. The average molecular weight is 263 g/mol. The van der Waals surface area contributed by atoms with Gasteiger partial charge in [0.25, 0.3) is 5.91 Å². The molecule has 0 aliphatic heterocycles. The highest BCUT2D eigenvalue weighted by Gasteiger charge is 2.19. The van der Waals surface area contributed by atoms with Crippen LogP contribution >= 0.6 is 0 Å². The molecule has 2 N–H and O–H groups in total. The lowest BCUT2D eigenvalue weighted by molar-refractivity contribution is 0.0688. The number of hydrogen-bond acceptors (Lipinski definition) is 3. The first-order valence-electron chi connectivity index (χ1n) is 6.45. The average Bonchev–Trinajstić information content (AvgIpc) is 2.89. The van der Waals surface area contributed by atoms with Gasteiger partial charge in [0.15, 0.2) is 0 Å². The first-order chi connectivity index (χ1) is 9.18. The summed E-state index contributed by atoms with van der Waals surface area (Å²) in [5, 5.41) is 11.6. The molecule has 0 aromatic carbocycles. The number of rotatable bonds is 5. The molecule has 0 radical (unpaired) electrons. The highest BCUT2D eigenvalue weighted by atomic mass is 16.4. The van der Waals surface area contributed by atoms with E-state index in [1.807, 2.05) is 0 Å². The molecule has 0 atom stereocenters. The van der Waals surface area contributed by atoms with Crippen LogP contribution in [0.25, 0.3) is 0 Å². The number of carbonyl (C=O) groups is 2. The Morgan fingerprint density at radius 2 is 2.21 bits per heavy atom. The maximum absolute atomic E-state index is 11.8. The third-order valence-corrected chi connectivity index (χ3v) is 3.22. The molecule has 0 unspecified atom stereocenters. The number of carbonyl (C=O) groups excluding carboxylic acids is 1. The largest absolute Gasteiger partial charge is 0.478 e. The number of amides is 1. The Balaban J connectivity index is 1.85. The Kier molecular flexibility index (Phi) is 4.39. The SMILES string of the molecule is O=C(O)c1ccoc1C(=O)NCCC1=CCCCC1. The van der Waals surface area contributed by atoms with Gasteiger partial charge in [-0.2, -0.15) is 0 Å². The second-order valence-corrected chi connectivity index (χ2v) is 4.58. The van der Waals surface area contributed by atoms with E-state index in [0.29, 0.717) is 6.54 Å². The fourth-order valence-electron chi connectivity index (χ4n) is 2.20. The van der Waals surface area contributed by atoms with E-state index in [4.69, 9.17) is 9.52 Å². The minimum atomic E-state index is -1.16. The summed E-state index contributed by atoms with van der Waals surface area (Å²) in [6.07, 6.45) is 8.91. The number of allylic oxidation sites excluding steroid dienone is 1. The molecule has 102 valence electrons. The van der Waals surface area contributed by atoms with Gasteiger partial charge < -0.3 is 14.8 Å². The number of furan rings is 1. The molecule has 1 heterocycles. The van der Waals surface area contributed by atoms with E-state index in [2.05, 4.69) is 11.4 Å². The Morgan fingerprint density at radius 3 is 2.89 bits per heavy atom. The summed E-state index contributed by atoms with van der Waals surface area (Å²) in [6.45, 7) is 0.504. The van der Waals surface area contributed by atoms with Gasteiger partial charge in [-0.1, -0.05) is 11.6 Å². The van der Waals surface area contributed by atoms with Crippen molar-refractivity contribution in [3.8, 4) is 0 Å². The van der Waals surface area contributed by atoms with Crippen LogP contribution in [0.1, 0.15) is 53.0 Å². The van der Waals surface area contributed by atoms with Crippen LogP contribution in [-0.4, -0.2) is 23.5 Å². The van der Waals surface area contributed by atoms with Crippen LogP contribution in [0.2, 0.25) is 0 Å². The van der Waals surface area contributed by atoms with Crippen molar-refractivity contribution in [2.75, 3.05) is 6.54 Å². The molecule has 19 heavy (non-hydrogen) atoms. The number of carboxylic acid groups (broad SMARTS) is 1. The van der Waals surface area contributed by atoms with Gasteiger partial charge in [0.1, 0.15) is 5.56 Å². The first kappa shape index (κ1) is 13.4. The molecule has 1 aliphatic rings. The number of hydrogen-bond donors (Lipinski definition) is 2. The predicted molar refractivity (Wildman–Crippen MR) is 69.2 cm³/mol. The lowest BCUT2D eigenvalue weighted by Gasteiger charge is -2.12.